The molecule has 146 valence electrons. The minimum Gasteiger partial charge on any atom is -0.444 e. The Kier molecular flexibility index (Phi) is 6.05. The van der Waals surface area contributed by atoms with E-state index in [-0.39, 0.29) is 11.8 Å². The standard InChI is InChI=1S/C18H29N3O4S/c1-18(2,3)25-17(22)20-15-6-5-9-21(11-15)16-8-7-14(19)10-13(16)12-26(4,23)24/h7-8,10,15H,5-6,9,11-12,19H2,1-4H3,(H,20,22)/t15-/m0/s1. The molecule has 7 nitrogen and oxygen atoms in total. The van der Waals surface area contributed by atoms with Gasteiger partial charge in [0.2, 0.25) is 0 Å². The Balaban J connectivity index is 2.13. The van der Waals surface area contributed by atoms with Crippen molar-refractivity contribution in [2.24, 2.45) is 0 Å². The Labute approximate surface area is 155 Å². The number of sulfone groups is 1. The molecule has 1 saturated heterocycles. The van der Waals surface area contributed by atoms with Gasteiger partial charge in [0.1, 0.15) is 5.60 Å². The zero-order valence-corrected chi connectivity index (χ0v) is 16.7. The lowest BCUT2D eigenvalue weighted by atomic mass is 10.0. The summed E-state index contributed by atoms with van der Waals surface area (Å²) in [5.41, 5.74) is 7.37. The lowest BCUT2D eigenvalue weighted by molar-refractivity contribution is 0.0500. The first kappa shape index (κ1) is 20.4. The third-order valence-corrected chi connectivity index (χ3v) is 4.84. The highest BCUT2D eigenvalue weighted by molar-refractivity contribution is 7.89. The average Bonchev–Trinajstić information content (AvgIpc) is 2.43. The molecule has 8 heteroatoms. The van der Waals surface area contributed by atoms with Crippen LogP contribution in [0.3, 0.4) is 0 Å². The molecule has 2 rings (SSSR count). The molecule has 1 aliphatic heterocycles. The molecule has 1 aromatic rings. The van der Waals surface area contributed by atoms with E-state index < -0.39 is 21.5 Å². The molecule has 3 N–H and O–H groups in total. The summed E-state index contributed by atoms with van der Waals surface area (Å²) in [6, 6.07) is 5.28. The number of benzene rings is 1. The first-order valence-corrected chi connectivity index (χ1v) is 10.8. The Bertz CT molecular complexity index is 756. The molecule has 1 heterocycles. The number of piperidine rings is 1. The molecule has 26 heavy (non-hydrogen) atoms. The maximum Gasteiger partial charge on any atom is 0.407 e. The van der Waals surface area contributed by atoms with Crippen molar-refractivity contribution in [1.29, 1.82) is 0 Å². The van der Waals surface area contributed by atoms with Gasteiger partial charge in [0.25, 0.3) is 0 Å². The van der Waals surface area contributed by atoms with Gasteiger partial charge in [-0.25, -0.2) is 13.2 Å². The summed E-state index contributed by atoms with van der Waals surface area (Å²) >= 11 is 0. The molecular formula is C18H29N3O4S. The second kappa shape index (κ2) is 7.73. The van der Waals surface area contributed by atoms with Crippen molar-refractivity contribution in [3.8, 4) is 0 Å². The van der Waals surface area contributed by atoms with Crippen molar-refractivity contribution in [2.75, 3.05) is 30.0 Å². The Hall–Kier alpha value is -1.96. The van der Waals surface area contributed by atoms with E-state index >= 15 is 0 Å². The maximum atomic E-state index is 12.0. The number of carbonyl (C=O) groups excluding carboxylic acids is 1. The van der Waals surface area contributed by atoms with Crippen LogP contribution >= 0.6 is 0 Å². The van der Waals surface area contributed by atoms with Crippen LogP contribution in [0.4, 0.5) is 16.2 Å². The first-order chi connectivity index (χ1) is 11.9. The zero-order chi connectivity index (χ0) is 19.5. The fourth-order valence-corrected chi connectivity index (χ4v) is 3.90. The normalized spacial score (nSPS) is 18.5. The Morgan fingerprint density at radius 1 is 1.38 bits per heavy atom. The molecule has 1 aliphatic rings. The van der Waals surface area contributed by atoms with E-state index in [9.17, 15) is 13.2 Å². The summed E-state index contributed by atoms with van der Waals surface area (Å²) in [6.07, 6.45) is 2.52. The second-order valence-electron chi connectivity index (χ2n) is 7.89. The molecule has 0 radical (unpaired) electrons. The van der Waals surface area contributed by atoms with E-state index in [1.54, 1.807) is 12.1 Å². The van der Waals surface area contributed by atoms with Gasteiger partial charge in [-0.2, -0.15) is 0 Å². The van der Waals surface area contributed by atoms with Crippen molar-refractivity contribution >= 4 is 27.3 Å². The summed E-state index contributed by atoms with van der Waals surface area (Å²) in [4.78, 5) is 14.1. The molecule has 0 aromatic heterocycles. The van der Waals surface area contributed by atoms with Crippen LogP contribution in [0.15, 0.2) is 18.2 Å². The number of ether oxygens (including phenoxy) is 1. The zero-order valence-electron chi connectivity index (χ0n) is 15.9. The van der Waals surface area contributed by atoms with Gasteiger partial charge in [-0.3, -0.25) is 0 Å². The van der Waals surface area contributed by atoms with Gasteiger partial charge < -0.3 is 20.7 Å². The molecule has 1 fully saturated rings. The molecule has 0 aliphatic carbocycles. The van der Waals surface area contributed by atoms with Crippen molar-refractivity contribution in [2.45, 2.75) is 51.0 Å². The second-order valence-corrected chi connectivity index (χ2v) is 10.0. The summed E-state index contributed by atoms with van der Waals surface area (Å²) in [6.45, 7) is 6.87. The molecule has 0 saturated carbocycles. The van der Waals surface area contributed by atoms with Crippen LogP contribution in [0.1, 0.15) is 39.2 Å². The van der Waals surface area contributed by atoms with Gasteiger partial charge in [-0.1, -0.05) is 0 Å². The van der Waals surface area contributed by atoms with E-state index in [1.165, 1.54) is 6.26 Å². The quantitative estimate of drug-likeness (QED) is 0.774. The predicted molar refractivity (Wildman–Crippen MR) is 104 cm³/mol. The molecule has 0 bridgehead atoms. The van der Waals surface area contributed by atoms with Gasteiger partial charge in [0, 0.05) is 36.8 Å². The highest BCUT2D eigenvalue weighted by Gasteiger charge is 2.26. The summed E-state index contributed by atoms with van der Waals surface area (Å²) in [5, 5.41) is 2.91. The lowest BCUT2D eigenvalue weighted by Crippen LogP contribution is -2.49. The highest BCUT2D eigenvalue weighted by atomic mass is 32.2. The number of nitrogen functional groups attached to an aromatic ring is 1. The van der Waals surface area contributed by atoms with E-state index in [2.05, 4.69) is 10.2 Å². The minimum absolute atomic E-state index is 0.0535. The third-order valence-electron chi connectivity index (χ3n) is 4.00. The SMILES string of the molecule is CC(C)(C)OC(=O)N[C@H]1CCCN(c2ccc(N)cc2CS(C)(=O)=O)C1. The smallest absolute Gasteiger partial charge is 0.407 e. The fourth-order valence-electron chi connectivity index (χ4n) is 3.10. The Morgan fingerprint density at radius 3 is 2.69 bits per heavy atom. The number of hydrogen-bond acceptors (Lipinski definition) is 6. The van der Waals surface area contributed by atoms with E-state index in [0.717, 1.165) is 25.1 Å². The summed E-state index contributed by atoms with van der Waals surface area (Å²) < 4.78 is 28.8. The molecule has 0 unspecified atom stereocenters. The first-order valence-electron chi connectivity index (χ1n) is 8.73. The van der Waals surface area contributed by atoms with Crippen molar-refractivity contribution in [3.63, 3.8) is 0 Å². The van der Waals surface area contributed by atoms with E-state index in [4.69, 9.17) is 10.5 Å². The van der Waals surface area contributed by atoms with Gasteiger partial charge >= 0.3 is 6.09 Å². The number of alkyl carbamates (subject to hydrolysis) is 1. The van der Waals surface area contributed by atoms with Gasteiger partial charge in [-0.15, -0.1) is 0 Å². The van der Waals surface area contributed by atoms with Crippen LogP contribution < -0.4 is 16.0 Å². The monoisotopic (exact) mass is 383 g/mol. The number of rotatable bonds is 4. The molecule has 1 aromatic carbocycles. The van der Waals surface area contributed by atoms with Crippen LogP contribution in [0.5, 0.6) is 0 Å². The van der Waals surface area contributed by atoms with Crippen LogP contribution in [-0.4, -0.2) is 45.5 Å². The molecular weight excluding hydrogens is 354 g/mol. The average molecular weight is 384 g/mol. The minimum atomic E-state index is -3.18. The predicted octanol–water partition coefficient (Wildman–Crippen LogP) is 2.31. The number of nitrogens with two attached hydrogens (primary N) is 1. The Morgan fingerprint density at radius 2 is 2.08 bits per heavy atom. The van der Waals surface area contributed by atoms with E-state index in [1.807, 2.05) is 26.8 Å². The van der Waals surface area contributed by atoms with Crippen LogP contribution in [-0.2, 0) is 20.3 Å². The largest absolute Gasteiger partial charge is 0.444 e. The van der Waals surface area contributed by atoms with Gasteiger partial charge in [-0.05, 0) is 57.4 Å². The van der Waals surface area contributed by atoms with Crippen molar-refractivity contribution in [3.05, 3.63) is 23.8 Å². The molecule has 1 amide bonds. The third kappa shape index (κ3) is 6.40. The number of carbonyl (C=O) groups is 1. The number of nitrogens with one attached hydrogen (secondary N) is 1. The summed E-state index contributed by atoms with van der Waals surface area (Å²) in [7, 11) is -3.18. The fraction of sp³-hybridized carbons (Fsp3) is 0.611. The summed E-state index contributed by atoms with van der Waals surface area (Å²) in [5.74, 6) is -0.0615. The highest BCUT2D eigenvalue weighted by Crippen LogP contribution is 2.28. The van der Waals surface area contributed by atoms with Crippen molar-refractivity contribution < 1.29 is 17.9 Å². The van der Waals surface area contributed by atoms with Gasteiger partial charge in [0.05, 0.1) is 5.75 Å². The number of amides is 1. The van der Waals surface area contributed by atoms with Crippen LogP contribution in [0, 0.1) is 0 Å². The van der Waals surface area contributed by atoms with Gasteiger partial charge in [0.15, 0.2) is 9.84 Å². The number of nitrogens with zero attached hydrogens (tertiary/aromatic N) is 1. The van der Waals surface area contributed by atoms with Crippen molar-refractivity contribution in [1.82, 2.24) is 5.32 Å². The number of anilines is 2. The number of hydrogen-bond donors (Lipinski definition) is 2. The van der Waals surface area contributed by atoms with Crippen LogP contribution in [0.2, 0.25) is 0 Å². The van der Waals surface area contributed by atoms with E-state index in [0.29, 0.717) is 17.8 Å². The molecule has 1 atom stereocenters. The lowest BCUT2D eigenvalue weighted by Gasteiger charge is -2.36. The maximum absolute atomic E-state index is 12.0. The van der Waals surface area contributed by atoms with Crippen LogP contribution in [0.25, 0.3) is 0 Å². The molecule has 0 spiro atoms. The topological polar surface area (TPSA) is 102 Å².